The standard InChI is InChI=1S/C21H20ClN3O5/c1-29-15-9-11-7-8-23-18(12(11)10-16(15)30-2)17-19(26)24-21(28)25(20(17)27)14-6-4-3-5-13(14)22/h3-6,9-10,18,23,27H,7-8H2,1-2H3,(H,24,26,28). The number of nitrogens with zero attached hydrogens (tertiary/aromatic N) is 1. The first-order chi connectivity index (χ1) is 14.5. The number of nitrogens with one attached hydrogen (secondary N) is 2. The average molecular weight is 430 g/mol. The van der Waals surface area contributed by atoms with Gasteiger partial charge in [0.1, 0.15) is 0 Å². The third-order valence-electron chi connectivity index (χ3n) is 5.20. The molecule has 1 atom stereocenters. The Morgan fingerprint density at radius 1 is 1.13 bits per heavy atom. The fraction of sp³-hybridized carbons (Fsp3) is 0.238. The predicted octanol–water partition coefficient (Wildman–Crippen LogP) is 2.14. The summed E-state index contributed by atoms with van der Waals surface area (Å²) in [6, 6.07) is 9.54. The minimum Gasteiger partial charge on any atom is -0.494 e. The van der Waals surface area contributed by atoms with E-state index in [1.54, 1.807) is 37.4 Å². The van der Waals surface area contributed by atoms with Crippen molar-refractivity contribution < 1.29 is 14.6 Å². The summed E-state index contributed by atoms with van der Waals surface area (Å²) in [4.78, 5) is 27.6. The summed E-state index contributed by atoms with van der Waals surface area (Å²) < 4.78 is 11.8. The van der Waals surface area contributed by atoms with Crippen molar-refractivity contribution in [3.8, 4) is 23.1 Å². The molecule has 0 radical (unpaired) electrons. The van der Waals surface area contributed by atoms with Gasteiger partial charge in [0, 0.05) is 6.54 Å². The predicted molar refractivity (Wildman–Crippen MR) is 112 cm³/mol. The molecule has 0 fully saturated rings. The lowest BCUT2D eigenvalue weighted by atomic mass is 9.90. The van der Waals surface area contributed by atoms with Crippen LogP contribution in [0.25, 0.3) is 5.69 Å². The van der Waals surface area contributed by atoms with Crippen LogP contribution in [0, 0.1) is 0 Å². The van der Waals surface area contributed by atoms with Crippen molar-refractivity contribution in [2.24, 2.45) is 0 Å². The molecule has 3 aromatic rings. The van der Waals surface area contributed by atoms with Crippen molar-refractivity contribution in [3.63, 3.8) is 0 Å². The van der Waals surface area contributed by atoms with Crippen LogP contribution in [0.3, 0.4) is 0 Å². The van der Waals surface area contributed by atoms with Gasteiger partial charge in [-0.05, 0) is 41.8 Å². The van der Waals surface area contributed by atoms with Gasteiger partial charge in [0.2, 0.25) is 5.88 Å². The molecule has 0 amide bonds. The van der Waals surface area contributed by atoms with E-state index in [1.807, 2.05) is 6.07 Å². The van der Waals surface area contributed by atoms with Crippen LogP contribution in [-0.4, -0.2) is 35.4 Å². The Morgan fingerprint density at radius 3 is 2.53 bits per heavy atom. The van der Waals surface area contributed by atoms with E-state index in [1.165, 1.54) is 7.11 Å². The Bertz CT molecular complexity index is 1230. The van der Waals surface area contributed by atoms with Gasteiger partial charge in [-0.15, -0.1) is 0 Å². The number of para-hydroxylation sites is 1. The van der Waals surface area contributed by atoms with Crippen LogP contribution < -0.4 is 26.0 Å². The Morgan fingerprint density at radius 2 is 1.83 bits per heavy atom. The van der Waals surface area contributed by atoms with Crippen LogP contribution in [0.2, 0.25) is 5.02 Å². The first-order valence-electron chi connectivity index (χ1n) is 9.27. The molecule has 30 heavy (non-hydrogen) atoms. The van der Waals surface area contributed by atoms with E-state index >= 15 is 0 Å². The molecule has 9 heteroatoms. The Labute approximate surface area is 176 Å². The second-order valence-corrected chi connectivity index (χ2v) is 7.23. The van der Waals surface area contributed by atoms with E-state index in [9.17, 15) is 14.7 Å². The van der Waals surface area contributed by atoms with Crippen molar-refractivity contribution in [1.29, 1.82) is 0 Å². The number of fused-ring (bicyclic) bond motifs is 1. The average Bonchev–Trinajstić information content (AvgIpc) is 2.73. The zero-order chi connectivity index (χ0) is 21.4. The van der Waals surface area contributed by atoms with Gasteiger partial charge >= 0.3 is 5.69 Å². The van der Waals surface area contributed by atoms with E-state index in [-0.39, 0.29) is 16.3 Å². The maximum atomic E-state index is 12.8. The topological polar surface area (TPSA) is 106 Å². The van der Waals surface area contributed by atoms with Crippen LogP contribution in [0.1, 0.15) is 22.7 Å². The van der Waals surface area contributed by atoms with Gasteiger partial charge < -0.3 is 19.9 Å². The molecule has 3 N–H and O–H groups in total. The summed E-state index contributed by atoms with van der Waals surface area (Å²) >= 11 is 6.23. The van der Waals surface area contributed by atoms with Crippen molar-refractivity contribution in [3.05, 3.63) is 78.9 Å². The largest absolute Gasteiger partial charge is 0.494 e. The van der Waals surface area contributed by atoms with E-state index in [4.69, 9.17) is 21.1 Å². The monoisotopic (exact) mass is 429 g/mol. The third-order valence-corrected chi connectivity index (χ3v) is 5.52. The number of aromatic nitrogens is 2. The molecule has 156 valence electrons. The fourth-order valence-corrected chi connectivity index (χ4v) is 4.02. The second-order valence-electron chi connectivity index (χ2n) is 6.83. The minimum absolute atomic E-state index is 0.0164. The highest BCUT2D eigenvalue weighted by molar-refractivity contribution is 6.32. The molecule has 2 aromatic carbocycles. The molecule has 1 unspecified atom stereocenters. The summed E-state index contributed by atoms with van der Waals surface area (Å²) in [7, 11) is 3.08. The molecular weight excluding hydrogens is 410 g/mol. The fourth-order valence-electron chi connectivity index (χ4n) is 3.80. The zero-order valence-electron chi connectivity index (χ0n) is 16.4. The van der Waals surface area contributed by atoms with Gasteiger partial charge in [-0.3, -0.25) is 9.78 Å². The second kappa shape index (κ2) is 7.89. The highest BCUT2D eigenvalue weighted by Gasteiger charge is 2.30. The van der Waals surface area contributed by atoms with E-state index < -0.39 is 23.2 Å². The Hall–Kier alpha value is -3.23. The molecule has 4 rings (SSSR count). The maximum Gasteiger partial charge on any atom is 0.335 e. The number of rotatable bonds is 4. The number of methoxy groups -OCH3 is 2. The molecular formula is C21H20ClN3O5. The maximum absolute atomic E-state index is 12.8. The third kappa shape index (κ3) is 3.24. The number of aromatic hydroxyl groups is 1. The number of hydrogen-bond donors (Lipinski definition) is 3. The van der Waals surface area contributed by atoms with Gasteiger partial charge in [-0.1, -0.05) is 23.7 Å². The number of halogens is 1. The zero-order valence-corrected chi connectivity index (χ0v) is 17.1. The van der Waals surface area contributed by atoms with Crippen molar-refractivity contribution in [2.75, 3.05) is 20.8 Å². The van der Waals surface area contributed by atoms with Gasteiger partial charge in [0.15, 0.2) is 11.5 Å². The molecule has 0 bridgehead atoms. The first-order valence-corrected chi connectivity index (χ1v) is 9.65. The van der Waals surface area contributed by atoms with Gasteiger partial charge in [-0.2, -0.15) is 0 Å². The molecule has 1 aromatic heterocycles. The molecule has 0 spiro atoms. The minimum atomic E-state index is -0.780. The highest BCUT2D eigenvalue weighted by atomic mass is 35.5. The molecule has 0 saturated heterocycles. The lowest BCUT2D eigenvalue weighted by molar-refractivity contribution is 0.352. The lowest BCUT2D eigenvalue weighted by Crippen LogP contribution is -2.38. The number of benzene rings is 2. The summed E-state index contributed by atoms with van der Waals surface area (Å²) in [6.07, 6.45) is 0.703. The van der Waals surface area contributed by atoms with Crippen molar-refractivity contribution in [1.82, 2.24) is 14.9 Å². The van der Waals surface area contributed by atoms with Gasteiger partial charge in [0.05, 0.1) is 36.5 Å². The van der Waals surface area contributed by atoms with Crippen molar-refractivity contribution in [2.45, 2.75) is 12.5 Å². The number of H-pyrrole nitrogens is 1. The summed E-state index contributed by atoms with van der Waals surface area (Å²) in [5.74, 6) is 0.605. The SMILES string of the molecule is COc1cc2c(cc1OC)C(c1c(O)n(-c3ccccc3Cl)c(=O)[nH]c1=O)NCC2. The van der Waals surface area contributed by atoms with Crippen LogP contribution in [0.15, 0.2) is 46.0 Å². The van der Waals surface area contributed by atoms with E-state index in [0.717, 1.165) is 15.7 Å². The lowest BCUT2D eigenvalue weighted by Gasteiger charge is -2.28. The number of hydrogen-bond acceptors (Lipinski definition) is 6. The van der Waals surface area contributed by atoms with Crippen LogP contribution >= 0.6 is 11.6 Å². The van der Waals surface area contributed by atoms with Gasteiger partial charge in [-0.25, -0.2) is 9.36 Å². The first kappa shape index (κ1) is 20.1. The Balaban J connectivity index is 1.96. The van der Waals surface area contributed by atoms with E-state index in [2.05, 4.69) is 10.3 Å². The highest BCUT2D eigenvalue weighted by Crippen LogP contribution is 2.38. The smallest absolute Gasteiger partial charge is 0.335 e. The molecule has 0 aliphatic carbocycles. The molecule has 0 saturated carbocycles. The number of aromatic amines is 1. The van der Waals surface area contributed by atoms with Crippen LogP contribution in [-0.2, 0) is 6.42 Å². The normalized spacial score (nSPS) is 15.5. The molecule has 1 aliphatic heterocycles. The quantitative estimate of drug-likeness (QED) is 0.586. The molecule has 8 nitrogen and oxygen atoms in total. The number of ether oxygens (including phenoxy) is 2. The van der Waals surface area contributed by atoms with Gasteiger partial charge in [0.25, 0.3) is 5.56 Å². The van der Waals surface area contributed by atoms with Crippen molar-refractivity contribution >= 4 is 11.6 Å². The van der Waals surface area contributed by atoms with E-state index in [0.29, 0.717) is 24.5 Å². The summed E-state index contributed by atoms with van der Waals surface area (Å²) in [5.41, 5.74) is 0.526. The summed E-state index contributed by atoms with van der Waals surface area (Å²) in [6.45, 7) is 0.567. The van der Waals surface area contributed by atoms with Crippen LogP contribution in [0.4, 0.5) is 0 Å². The summed E-state index contributed by atoms with van der Waals surface area (Å²) in [5, 5.41) is 14.5. The molecule has 1 aliphatic rings. The van der Waals surface area contributed by atoms with Crippen LogP contribution in [0.5, 0.6) is 17.4 Å². The molecule has 2 heterocycles. The Kier molecular flexibility index (Phi) is 5.27.